The van der Waals surface area contributed by atoms with Gasteiger partial charge in [0.25, 0.3) is 0 Å². The molecule has 138 valence electrons. The molecular weight excluding hydrogens is 330 g/mol. The number of amides is 1. The van der Waals surface area contributed by atoms with Gasteiger partial charge in [-0.2, -0.15) is 0 Å². The standard InChI is InChI=1S/C21H25NO4/c1-14-12-15(2)20(16(3)13-14)22-19(23)6-5-11-26-21(24)17-7-9-18(25-4)10-8-17/h7-10,12-13H,5-6,11H2,1-4H3,(H,22,23). The molecule has 0 unspecified atom stereocenters. The van der Waals surface area contributed by atoms with Crippen molar-refractivity contribution in [3.05, 3.63) is 58.7 Å². The first kappa shape index (κ1) is 19.5. The number of esters is 1. The molecule has 5 heteroatoms. The molecule has 5 nitrogen and oxygen atoms in total. The number of benzene rings is 2. The number of nitrogens with one attached hydrogen (secondary N) is 1. The Morgan fingerprint density at radius 3 is 2.19 bits per heavy atom. The van der Waals surface area contributed by atoms with Crippen LogP contribution in [0, 0.1) is 20.8 Å². The van der Waals surface area contributed by atoms with Crippen LogP contribution in [0.2, 0.25) is 0 Å². The number of ether oxygens (including phenoxy) is 2. The largest absolute Gasteiger partial charge is 0.497 e. The van der Waals surface area contributed by atoms with Gasteiger partial charge in [-0.25, -0.2) is 4.79 Å². The van der Waals surface area contributed by atoms with E-state index in [9.17, 15) is 9.59 Å². The quantitative estimate of drug-likeness (QED) is 0.597. The van der Waals surface area contributed by atoms with Crippen molar-refractivity contribution in [1.82, 2.24) is 0 Å². The van der Waals surface area contributed by atoms with E-state index < -0.39 is 5.97 Å². The van der Waals surface area contributed by atoms with Gasteiger partial charge in [0.15, 0.2) is 0 Å². The van der Waals surface area contributed by atoms with Gasteiger partial charge in [-0.3, -0.25) is 4.79 Å². The van der Waals surface area contributed by atoms with Crippen molar-refractivity contribution in [2.75, 3.05) is 19.0 Å². The summed E-state index contributed by atoms with van der Waals surface area (Å²) in [6, 6.07) is 10.8. The van der Waals surface area contributed by atoms with Crippen molar-refractivity contribution < 1.29 is 19.1 Å². The molecule has 26 heavy (non-hydrogen) atoms. The summed E-state index contributed by atoms with van der Waals surface area (Å²) in [4.78, 5) is 24.1. The van der Waals surface area contributed by atoms with Crippen LogP contribution >= 0.6 is 0 Å². The fourth-order valence-corrected chi connectivity index (χ4v) is 2.79. The molecule has 1 N–H and O–H groups in total. The fourth-order valence-electron chi connectivity index (χ4n) is 2.79. The van der Waals surface area contributed by atoms with Crippen LogP contribution in [-0.2, 0) is 9.53 Å². The Kier molecular flexibility index (Phi) is 6.78. The molecule has 0 aliphatic heterocycles. The van der Waals surface area contributed by atoms with Gasteiger partial charge in [0.2, 0.25) is 5.91 Å². The zero-order valence-corrected chi connectivity index (χ0v) is 15.7. The van der Waals surface area contributed by atoms with E-state index in [1.807, 2.05) is 32.9 Å². The normalized spacial score (nSPS) is 10.3. The maximum atomic E-state index is 12.1. The molecule has 0 saturated heterocycles. The van der Waals surface area contributed by atoms with Gasteiger partial charge >= 0.3 is 5.97 Å². The van der Waals surface area contributed by atoms with Crippen LogP contribution in [0.3, 0.4) is 0 Å². The zero-order chi connectivity index (χ0) is 19.1. The van der Waals surface area contributed by atoms with E-state index in [0.29, 0.717) is 24.2 Å². The predicted molar refractivity (Wildman–Crippen MR) is 102 cm³/mol. The number of carbonyl (C=O) groups excluding carboxylic acids is 2. The Hall–Kier alpha value is -2.82. The molecule has 0 saturated carbocycles. The van der Waals surface area contributed by atoms with Crippen LogP contribution in [0.25, 0.3) is 0 Å². The predicted octanol–water partition coefficient (Wildman–Crippen LogP) is 4.20. The maximum absolute atomic E-state index is 12.1. The van der Waals surface area contributed by atoms with Crippen LogP contribution in [-0.4, -0.2) is 25.6 Å². The van der Waals surface area contributed by atoms with Gasteiger partial charge in [0.1, 0.15) is 5.75 Å². The summed E-state index contributed by atoms with van der Waals surface area (Å²) in [5, 5.41) is 2.94. The number of anilines is 1. The highest BCUT2D eigenvalue weighted by Crippen LogP contribution is 2.22. The van der Waals surface area contributed by atoms with Gasteiger partial charge in [0, 0.05) is 12.1 Å². The number of hydrogen-bond donors (Lipinski definition) is 1. The lowest BCUT2D eigenvalue weighted by Gasteiger charge is -2.13. The highest BCUT2D eigenvalue weighted by atomic mass is 16.5. The number of hydrogen-bond acceptors (Lipinski definition) is 4. The third-order valence-corrected chi connectivity index (χ3v) is 4.05. The number of aryl methyl sites for hydroxylation is 3. The molecule has 0 radical (unpaired) electrons. The van der Waals surface area contributed by atoms with Crippen molar-refractivity contribution >= 4 is 17.6 Å². The summed E-state index contributed by atoms with van der Waals surface area (Å²) in [7, 11) is 1.57. The van der Waals surface area contributed by atoms with Gasteiger partial charge < -0.3 is 14.8 Å². The van der Waals surface area contributed by atoms with E-state index in [0.717, 1.165) is 16.8 Å². The van der Waals surface area contributed by atoms with Crippen molar-refractivity contribution in [2.24, 2.45) is 0 Å². The van der Waals surface area contributed by atoms with Gasteiger partial charge in [-0.15, -0.1) is 0 Å². The molecule has 0 aromatic heterocycles. The second-order valence-electron chi connectivity index (χ2n) is 6.29. The minimum absolute atomic E-state index is 0.0828. The summed E-state index contributed by atoms with van der Waals surface area (Å²) in [5.41, 5.74) is 4.57. The van der Waals surface area contributed by atoms with Crippen molar-refractivity contribution in [3.8, 4) is 5.75 Å². The van der Waals surface area contributed by atoms with E-state index in [2.05, 4.69) is 5.32 Å². The van der Waals surface area contributed by atoms with Gasteiger partial charge in [0.05, 0.1) is 19.3 Å². The minimum atomic E-state index is -0.404. The molecule has 2 aromatic rings. The Morgan fingerprint density at radius 2 is 1.62 bits per heavy atom. The molecule has 0 heterocycles. The second kappa shape index (κ2) is 9.04. The molecule has 2 rings (SSSR count). The number of rotatable bonds is 7. The molecule has 0 spiro atoms. The average molecular weight is 355 g/mol. The van der Waals surface area contributed by atoms with Crippen LogP contribution in [0.5, 0.6) is 5.75 Å². The Bertz CT molecular complexity index is 758. The summed E-state index contributed by atoms with van der Waals surface area (Å²) in [6.45, 7) is 6.19. The summed E-state index contributed by atoms with van der Waals surface area (Å²) < 4.78 is 10.3. The Morgan fingerprint density at radius 1 is 1.00 bits per heavy atom. The second-order valence-corrected chi connectivity index (χ2v) is 6.29. The highest BCUT2D eigenvalue weighted by Gasteiger charge is 2.10. The maximum Gasteiger partial charge on any atom is 0.338 e. The summed E-state index contributed by atoms with van der Waals surface area (Å²) in [6.07, 6.45) is 0.764. The lowest BCUT2D eigenvalue weighted by atomic mass is 10.0. The first-order chi connectivity index (χ1) is 12.4. The lowest BCUT2D eigenvalue weighted by Crippen LogP contribution is -2.15. The van der Waals surface area contributed by atoms with E-state index in [1.54, 1.807) is 31.4 Å². The minimum Gasteiger partial charge on any atom is -0.497 e. The summed E-state index contributed by atoms with van der Waals surface area (Å²) >= 11 is 0. The molecule has 0 fully saturated rings. The van der Waals surface area contributed by atoms with Crippen molar-refractivity contribution in [2.45, 2.75) is 33.6 Å². The smallest absolute Gasteiger partial charge is 0.338 e. The molecular formula is C21H25NO4. The molecule has 2 aromatic carbocycles. The van der Waals surface area contributed by atoms with Crippen molar-refractivity contribution in [3.63, 3.8) is 0 Å². The third-order valence-electron chi connectivity index (χ3n) is 4.05. The van der Waals surface area contributed by atoms with Crippen LogP contribution in [0.1, 0.15) is 39.9 Å². The van der Waals surface area contributed by atoms with E-state index in [1.165, 1.54) is 5.56 Å². The Labute approximate surface area is 154 Å². The van der Waals surface area contributed by atoms with Crippen LogP contribution < -0.4 is 10.1 Å². The highest BCUT2D eigenvalue weighted by molar-refractivity contribution is 5.92. The molecule has 1 amide bonds. The molecule has 0 atom stereocenters. The van der Waals surface area contributed by atoms with Gasteiger partial charge in [-0.05, 0) is 62.6 Å². The third kappa shape index (κ3) is 5.34. The lowest BCUT2D eigenvalue weighted by molar-refractivity contribution is -0.116. The molecule has 0 aliphatic carbocycles. The van der Waals surface area contributed by atoms with E-state index in [-0.39, 0.29) is 12.5 Å². The van der Waals surface area contributed by atoms with Crippen LogP contribution in [0.15, 0.2) is 36.4 Å². The van der Waals surface area contributed by atoms with E-state index >= 15 is 0 Å². The zero-order valence-electron chi connectivity index (χ0n) is 15.7. The molecule has 0 bridgehead atoms. The van der Waals surface area contributed by atoms with Crippen LogP contribution in [0.4, 0.5) is 5.69 Å². The van der Waals surface area contributed by atoms with E-state index in [4.69, 9.17) is 9.47 Å². The average Bonchev–Trinajstić information content (AvgIpc) is 2.61. The topological polar surface area (TPSA) is 64.6 Å². The monoisotopic (exact) mass is 355 g/mol. The first-order valence-electron chi connectivity index (χ1n) is 8.59. The van der Waals surface area contributed by atoms with Gasteiger partial charge in [-0.1, -0.05) is 17.7 Å². The Balaban J connectivity index is 1.77. The SMILES string of the molecule is COc1ccc(C(=O)OCCCC(=O)Nc2c(C)cc(C)cc2C)cc1. The summed E-state index contributed by atoms with van der Waals surface area (Å²) in [5.74, 6) is 0.193. The first-order valence-corrected chi connectivity index (χ1v) is 8.59. The van der Waals surface area contributed by atoms with Crippen molar-refractivity contribution in [1.29, 1.82) is 0 Å². The molecule has 0 aliphatic rings. The fraction of sp³-hybridized carbons (Fsp3) is 0.333. The number of carbonyl (C=O) groups is 2. The number of methoxy groups -OCH3 is 1.